The molecule has 0 atom stereocenters. The Balaban J connectivity index is -0.0000000488. The van der Waals surface area contributed by atoms with Gasteiger partial charge >= 0.3 is 0 Å². The van der Waals surface area contributed by atoms with Crippen LogP contribution < -0.4 is 0 Å². The van der Waals surface area contributed by atoms with Crippen molar-refractivity contribution in [2.45, 2.75) is 122 Å². The van der Waals surface area contributed by atoms with Gasteiger partial charge in [0, 0.05) is 0 Å². The fourth-order valence-electron chi connectivity index (χ4n) is 0.577. The van der Waals surface area contributed by atoms with Crippen molar-refractivity contribution in [3.8, 4) is 0 Å². The monoisotopic (exact) mass is 290 g/mol. The third-order valence-electron chi connectivity index (χ3n) is 1.87. The van der Waals surface area contributed by atoms with Crippen molar-refractivity contribution in [1.29, 1.82) is 0 Å². The molecule has 130 valence electrons. The van der Waals surface area contributed by atoms with Crippen LogP contribution in [0.4, 0.5) is 0 Å². The molecule has 0 rings (SSSR count). The molecule has 0 aliphatic heterocycles. The van der Waals surface area contributed by atoms with Crippen LogP contribution in [-0.2, 0) is 0 Å². The minimum atomic E-state index is 0.833. The molecule has 0 N–H and O–H groups in total. The molecule has 0 nitrogen and oxygen atoms in total. The molecule has 0 heterocycles. The number of rotatable bonds is 4. The van der Waals surface area contributed by atoms with E-state index in [4.69, 9.17) is 0 Å². The van der Waals surface area contributed by atoms with Crippen molar-refractivity contribution in [1.82, 2.24) is 0 Å². The lowest BCUT2D eigenvalue weighted by molar-refractivity contribution is 0.576. The van der Waals surface area contributed by atoms with Crippen molar-refractivity contribution in [3.05, 3.63) is 0 Å². The van der Waals surface area contributed by atoms with E-state index in [-0.39, 0.29) is 0 Å². The lowest BCUT2D eigenvalue weighted by Crippen LogP contribution is -1.81. The molecule has 0 radical (unpaired) electrons. The third-order valence-corrected chi connectivity index (χ3v) is 1.87. The Morgan fingerprint density at radius 2 is 0.700 bits per heavy atom. The Labute approximate surface area is 134 Å². The van der Waals surface area contributed by atoms with Crippen LogP contribution >= 0.6 is 0 Å². The second kappa shape index (κ2) is 42.8. The van der Waals surface area contributed by atoms with E-state index in [1.54, 1.807) is 0 Å². The van der Waals surface area contributed by atoms with Crippen LogP contribution in [0, 0.1) is 11.8 Å². The summed E-state index contributed by atoms with van der Waals surface area (Å²) in [4.78, 5) is 0. The molecule has 0 saturated carbocycles. The molecular weight excluding hydrogens is 240 g/mol. The first-order valence-corrected chi connectivity index (χ1v) is 9.33. The van der Waals surface area contributed by atoms with E-state index >= 15 is 0 Å². The van der Waals surface area contributed by atoms with Gasteiger partial charge in [-0.1, -0.05) is 122 Å². The lowest BCUT2D eigenvalue weighted by Gasteiger charge is -1.95. The fourth-order valence-corrected chi connectivity index (χ4v) is 0.577. The highest BCUT2D eigenvalue weighted by atomic mass is 13.9. The van der Waals surface area contributed by atoms with Gasteiger partial charge in [0.15, 0.2) is 0 Å². The molecule has 0 amide bonds. The molecule has 0 saturated heterocycles. The quantitative estimate of drug-likeness (QED) is 0.485. The highest BCUT2D eigenvalue weighted by Gasteiger charge is 1.85. The third kappa shape index (κ3) is 208. The maximum atomic E-state index is 2.25. The normalized spacial score (nSPS) is 8.10. The predicted molar refractivity (Wildman–Crippen MR) is 103 cm³/mol. The second-order valence-electron chi connectivity index (χ2n) is 5.91. The van der Waals surface area contributed by atoms with E-state index in [2.05, 4.69) is 69.2 Å². The molecule has 0 aromatic rings. The zero-order valence-corrected chi connectivity index (χ0v) is 17.4. The number of hydrogen-bond donors (Lipinski definition) is 0. The zero-order valence-electron chi connectivity index (χ0n) is 17.4. The smallest absolute Gasteiger partial charge is 0.0471 e. The van der Waals surface area contributed by atoms with Gasteiger partial charge in [-0.25, -0.2) is 0 Å². The summed E-state index contributed by atoms with van der Waals surface area (Å²) in [6.07, 6.45) is 7.98. The highest BCUT2D eigenvalue weighted by Crippen LogP contribution is 2.00. The Morgan fingerprint density at radius 1 is 0.500 bits per heavy atom. The molecule has 0 aliphatic carbocycles. The summed E-state index contributed by atoms with van der Waals surface area (Å²) in [5.74, 6) is 1.73. The summed E-state index contributed by atoms with van der Waals surface area (Å²) < 4.78 is 0. The molecule has 0 spiro atoms. The lowest BCUT2D eigenvalue weighted by atomic mass is 10.1. The van der Waals surface area contributed by atoms with Crippen LogP contribution in [0.25, 0.3) is 0 Å². The molecular formula is C20H50. The highest BCUT2D eigenvalue weighted by molar-refractivity contribution is 4.38. The second-order valence-corrected chi connectivity index (χ2v) is 5.91. The Hall–Kier alpha value is 0. The van der Waals surface area contributed by atoms with Gasteiger partial charge in [-0.2, -0.15) is 0 Å². The van der Waals surface area contributed by atoms with Crippen molar-refractivity contribution in [2.24, 2.45) is 11.8 Å². The Kier molecular flexibility index (Phi) is 68.6. The minimum absolute atomic E-state index is 0.833. The average Bonchev–Trinajstić information content (AvgIpc) is 2.41. The van der Waals surface area contributed by atoms with Crippen LogP contribution in [0.2, 0.25) is 0 Å². The average molecular weight is 291 g/mol. The Morgan fingerprint density at radius 3 is 0.700 bits per heavy atom. The molecule has 0 aromatic heterocycles. The maximum Gasteiger partial charge on any atom is -0.0471 e. The van der Waals surface area contributed by atoms with Crippen LogP contribution in [0.1, 0.15) is 122 Å². The van der Waals surface area contributed by atoms with Crippen molar-refractivity contribution in [3.63, 3.8) is 0 Å². The van der Waals surface area contributed by atoms with E-state index in [1.807, 2.05) is 13.8 Å². The zero-order chi connectivity index (χ0) is 17.4. The van der Waals surface area contributed by atoms with Crippen LogP contribution in [-0.4, -0.2) is 0 Å². The first-order chi connectivity index (χ1) is 9.33. The summed E-state index contributed by atoms with van der Waals surface area (Å²) in [6, 6.07) is 0. The predicted octanol–water partition coefficient (Wildman–Crippen LogP) is 8.74. The molecule has 0 heteroatoms. The van der Waals surface area contributed by atoms with E-state index in [0.29, 0.717) is 0 Å². The van der Waals surface area contributed by atoms with Gasteiger partial charge in [-0.3, -0.25) is 0 Å². The van der Waals surface area contributed by atoms with E-state index in [0.717, 1.165) is 11.8 Å². The van der Waals surface area contributed by atoms with Gasteiger partial charge in [-0.05, 0) is 11.8 Å². The van der Waals surface area contributed by atoms with Gasteiger partial charge in [0.1, 0.15) is 0 Å². The van der Waals surface area contributed by atoms with Gasteiger partial charge in [0.2, 0.25) is 0 Å². The molecule has 0 aromatic carbocycles. The van der Waals surface area contributed by atoms with Crippen LogP contribution in [0.3, 0.4) is 0 Å². The van der Waals surface area contributed by atoms with E-state index in [9.17, 15) is 0 Å². The van der Waals surface area contributed by atoms with Crippen molar-refractivity contribution >= 4 is 0 Å². The molecule has 0 bridgehead atoms. The summed E-state index contributed by atoms with van der Waals surface area (Å²) in [6.45, 7) is 26.0. The van der Waals surface area contributed by atoms with Crippen molar-refractivity contribution < 1.29 is 0 Å². The summed E-state index contributed by atoms with van der Waals surface area (Å²) in [5.41, 5.74) is 0. The summed E-state index contributed by atoms with van der Waals surface area (Å²) in [5, 5.41) is 0. The topological polar surface area (TPSA) is 0 Å². The SMILES string of the molecule is CC.CC(C)C.CCCC.CCCC.CCCC(C)C. The van der Waals surface area contributed by atoms with Gasteiger partial charge in [-0.15, -0.1) is 0 Å². The van der Waals surface area contributed by atoms with Gasteiger partial charge in [0.25, 0.3) is 0 Å². The van der Waals surface area contributed by atoms with Crippen LogP contribution in [0.15, 0.2) is 0 Å². The molecule has 0 fully saturated rings. The minimum Gasteiger partial charge on any atom is -0.0683 e. The molecule has 20 heavy (non-hydrogen) atoms. The standard InChI is InChI=1S/C6H14.3C4H10.C2H6/c1-4-5-6(2)3;1-4(2)3;2*1-3-4-2;1-2/h6H,4-5H2,1-3H3;4H,1-3H3;2*3-4H2,1-2H3;1-2H3. The fraction of sp³-hybridized carbons (Fsp3) is 1.00. The van der Waals surface area contributed by atoms with E-state index < -0.39 is 0 Å². The first kappa shape index (κ1) is 32.1. The van der Waals surface area contributed by atoms with Crippen LogP contribution in [0.5, 0.6) is 0 Å². The molecule has 0 aliphatic rings. The summed E-state index contributed by atoms with van der Waals surface area (Å²) >= 11 is 0. The van der Waals surface area contributed by atoms with Crippen molar-refractivity contribution in [2.75, 3.05) is 0 Å². The number of unbranched alkanes of at least 4 members (excludes halogenated alkanes) is 2. The van der Waals surface area contributed by atoms with E-state index in [1.165, 1.54) is 38.5 Å². The largest absolute Gasteiger partial charge is 0.0683 e. The van der Waals surface area contributed by atoms with Gasteiger partial charge in [0.05, 0.1) is 0 Å². The maximum absolute atomic E-state index is 2.25. The summed E-state index contributed by atoms with van der Waals surface area (Å²) in [7, 11) is 0. The van der Waals surface area contributed by atoms with Gasteiger partial charge < -0.3 is 0 Å². The first-order valence-electron chi connectivity index (χ1n) is 9.33. The Bertz CT molecular complexity index is 71.3. The number of hydrogen-bond acceptors (Lipinski definition) is 0. The molecule has 0 unspecified atom stereocenters.